The number of aliphatic hydroxyl groups is 2. The third-order valence-corrected chi connectivity index (χ3v) is 6.55. The van der Waals surface area contributed by atoms with Crippen molar-refractivity contribution in [2.75, 3.05) is 20.1 Å². The largest absolute Gasteiger partial charge is 0.386 e. The van der Waals surface area contributed by atoms with E-state index in [9.17, 15) is 10.2 Å². The molecule has 0 bridgehead atoms. The molecule has 5 nitrogen and oxygen atoms in total. The lowest BCUT2D eigenvalue weighted by Gasteiger charge is -2.26. The molecule has 0 aliphatic heterocycles. The number of aryl methyl sites for hydroxylation is 1. The van der Waals surface area contributed by atoms with Gasteiger partial charge in [0.25, 0.3) is 0 Å². The molecule has 4 rings (SSSR count). The molecule has 6 heteroatoms. The normalized spacial score (nSPS) is 20.2. The molecule has 1 heterocycles. The monoisotopic (exact) mass is 395 g/mol. The van der Waals surface area contributed by atoms with Gasteiger partial charge >= 0.3 is 0 Å². The second-order valence-corrected chi connectivity index (χ2v) is 8.31. The number of aliphatic imine (C=N–C) groups is 1. The number of benzene rings is 2. The van der Waals surface area contributed by atoms with E-state index in [4.69, 9.17) is 0 Å². The Morgan fingerprint density at radius 2 is 1.96 bits per heavy atom. The molecule has 0 saturated carbocycles. The Morgan fingerprint density at radius 3 is 2.79 bits per heavy atom. The number of guanidine groups is 1. The first-order valence-corrected chi connectivity index (χ1v) is 10.3. The van der Waals surface area contributed by atoms with Gasteiger partial charge in [0.2, 0.25) is 0 Å². The Labute approximate surface area is 168 Å². The van der Waals surface area contributed by atoms with Crippen LogP contribution in [-0.4, -0.2) is 36.3 Å². The van der Waals surface area contributed by atoms with Crippen LogP contribution in [-0.2, 0) is 12.0 Å². The lowest BCUT2D eigenvalue weighted by atomic mass is 9.96. The minimum absolute atomic E-state index is 0.349. The summed E-state index contributed by atoms with van der Waals surface area (Å²) in [5, 5.41) is 29.1. The average molecular weight is 396 g/mol. The highest BCUT2D eigenvalue weighted by atomic mass is 32.1. The van der Waals surface area contributed by atoms with Crippen molar-refractivity contribution in [2.24, 2.45) is 4.99 Å². The molecule has 0 radical (unpaired) electrons. The van der Waals surface area contributed by atoms with E-state index < -0.39 is 11.7 Å². The standard InChI is InChI=1S/C22H25N3O2S/c1-23-21(25-14-22(27)11-10-15-6-2-4-8-17(15)22)24-13-18(26)20-12-16-7-3-5-9-19(16)28-20/h2-9,12,18,26-27H,10-11,13-14H2,1H3,(H2,23,24,25). The predicted molar refractivity (Wildman–Crippen MR) is 115 cm³/mol. The molecule has 0 spiro atoms. The minimum atomic E-state index is -0.891. The van der Waals surface area contributed by atoms with E-state index in [0.29, 0.717) is 25.5 Å². The van der Waals surface area contributed by atoms with Gasteiger partial charge in [-0.1, -0.05) is 42.5 Å². The number of nitrogens with one attached hydrogen (secondary N) is 2. The summed E-state index contributed by atoms with van der Waals surface area (Å²) < 4.78 is 1.17. The fourth-order valence-electron chi connectivity index (χ4n) is 3.76. The number of rotatable bonds is 5. The second kappa shape index (κ2) is 7.91. The highest BCUT2D eigenvalue weighted by Gasteiger charge is 2.36. The van der Waals surface area contributed by atoms with Gasteiger partial charge in [-0.05, 0) is 41.5 Å². The van der Waals surface area contributed by atoms with Crippen molar-refractivity contribution in [3.63, 3.8) is 0 Å². The maximum atomic E-state index is 11.0. The van der Waals surface area contributed by atoms with Crippen LogP contribution in [0, 0.1) is 0 Å². The second-order valence-electron chi connectivity index (χ2n) is 7.20. The Hall–Kier alpha value is -2.41. The van der Waals surface area contributed by atoms with E-state index in [-0.39, 0.29) is 0 Å². The summed E-state index contributed by atoms with van der Waals surface area (Å²) >= 11 is 1.60. The molecule has 2 aromatic carbocycles. The maximum Gasteiger partial charge on any atom is 0.191 e. The van der Waals surface area contributed by atoms with Crippen molar-refractivity contribution in [3.8, 4) is 0 Å². The molecule has 2 unspecified atom stereocenters. The van der Waals surface area contributed by atoms with Crippen LogP contribution in [0.5, 0.6) is 0 Å². The van der Waals surface area contributed by atoms with Crippen LogP contribution in [0.1, 0.15) is 28.5 Å². The number of aliphatic hydroxyl groups excluding tert-OH is 1. The van der Waals surface area contributed by atoms with Crippen LogP contribution in [0.4, 0.5) is 0 Å². The van der Waals surface area contributed by atoms with Crippen LogP contribution in [0.15, 0.2) is 59.6 Å². The average Bonchev–Trinajstić information content (AvgIpc) is 3.30. The fourth-order valence-corrected chi connectivity index (χ4v) is 4.81. The predicted octanol–water partition coefficient (Wildman–Crippen LogP) is 2.93. The highest BCUT2D eigenvalue weighted by Crippen LogP contribution is 2.36. The highest BCUT2D eigenvalue weighted by molar-refractivity contribution is 7.19. The smallest absolute Gasteiger partial charge is 0.191 e. The molecule has 3 aromatic rings. The summed E-state index contributed by atoms with van der Waals surface area (Å²) in [6.45, 7) is 0.726. The van der Waals surface area contributed by atoms with Gasteiger partial charge in [0.15, 0.2) is 5.96 Å². The molecular formula is C22H25N3O2S. The van der Waals surface area contributed by atoms with E-state index in [1.165, 1.54) is 10.3 Å². The van der Waals surface area contributed by atoms with Crippen LogP contribution < -0.4 is 10.6 Å². The zero-order valence-corrected chi connectivity index (χ0v) is 16.7. The van der Waals surface area contributed by atoms with Crippen molar-refractivity contribution in [3.05, 3.63) is 70.6 Å². The van der Waals surface area contributed by atoms with Gasteiger partial charge in [0.1, 0.15) is 11.7 Å². The lowest BCUT2D eigenvalue weighted by Crippen LogP contribution is -2.45. The van der Waals surface area contributed by atoms with Crippen molar-refractivity contribution in [1.29, 1.82) is 0 Å². The SMILES string of the molecule is CN=C(NCC(O)c1cc2ccccc2s1)NCC1(O)CCc2ccccc21. The number of nitrogens with zero attached hydrogens (tertiary/aromatic N) is 1. The summed E-state index contributed by atoms with van der Waals surface area (Å²) in [5.41, 5.74) is 1.30. The summed E-state index contributed by atoms with van der Waals surface area (Å²) in [7, 11) is 1.69. The molecule has 1 aliphatic carbocycles. The van der Waals surface area contributed by atoms with E-state index in [1.54, 1.807) is 18.4 Å². The first kappa shape index (κ1) is 18.9. The van der Waals surface area contributed by atoms with Gasteiger partial charge in [0.05, 0.1) is 6.54 Å². The summed E-state index contributed by atoms with van der Waals surface area (Å²) in [4.78, 5) is 5.14. The third-order valence-electron chi connectivity index (χ3n) is 5.33. The fraction of sp³-hybridized carbons (Fsp3) is 0.318. The molecule has 0 amide bonds. The van der Waals surface area contributed by atoms with Crippen molar-refractivity contribution < 1.29 is 10.2 Å². The topological polar surface area (TPSA) is 76.9 Å². The quantitative estimate of drug-likeness (QED) is 0.396. The summed E-state index contributed by atoms with van der Waals surface area (Å²) in [5.74, 6) is 0.568. The van der Waals surface area contributed by atoms with E-state index >= 15 is 0 Å². The zero-order valence-electron chi connectivity index (χ0n) is 15.9. The Balaban J connectivity index is 1.35. The number of hydrogen-bond acceptors (Lipinski definition) is 4. The first-order chi connectivity index (χ1) is 13.6. The zero-order chi connectivity index (χ0) is 19.6. The van der Waals surface area contributed by atoms with E-state index in [1.807, 2.05) is 36.4 Å². The molecule has 0 fully saturated rings. The van der Waals surface area contributed by atoms with Crippen molar-refractivity contribution in [2.45, 2.75) is 24.5 Å². The Bertz CT molecular complexity index is 967. The first-order valence-electron chi connectivity index (χ1n) is 9.51. The van der Waals surface area contributed by atoms with Gasteiger partial charge < -0.3 is 20.8 Å². The van der Waals surface area contributed by atoms with E-state index in [2.05, 4.69) is 33.8 Å². The molecule has 2 atom stereocenters. The maximum absolute atomic E-state index is 11.0. The third kappa shape index (κ3) is 3.76. The number of fused-ring (bicyclic) bond motifs is 2. The van der Waals surface area contributed by atoms with Gasteiger partial charge in [-0.25, -0.2) is 0 Å². The van der Waals surface area contributed by atoms with Crippen LogP contribution >= 0.6 is 11.3 Å². The van der Waals surface area contributed by atoms with Gasteiger partial charge in [-0.15, -0.1) is 11.3 Å². The Morgan fingerprint density at radius 1 is 1.18 bits per heavy atom. The molecule has 1 aromatic heterocycles. The molecule has 28 heavy (non-hydrogen) atoms. The summed E-state index contributed by atoms with van der Waals surface area (Å²) in [6, 6.07) is 18.2. The minimum Gasteiger partial charge on any atom is -0.386 e. The molecule has 0 saturated heterocycles. The lowest BCUT2D eigenvalue weighted by molar-refractivity contribution is 0.0431. The molecule has 1 aliphatic rings. The van der Waals surface area contributed by atoms with E-state index in [0.717, 1.165) is 22.2 Å². The summed E-state index contributed by atoms with van der Waals surface area (Å²) in [6.07, 6.45) is 0.956. The van der Waals surface area contributed by atoms with Crippen LogP contribution in [0.25, 0.3) is 10.1 Å². The van der Waals surface area contributed by atoms with Crippen molar-refractivity contribution >= 4 is 27.4 Å². The molecule has 4 N–H and O–H groups in total. The molecular weight excluding hydrogens is 370 g/mol. The van der Waals surface area contributed by atoms with Gasteiger partial charge in [-0.2, -0.15) is 0 Å². The Kier molecular flexibility index (Phi) is 5.35. The van der Waals surface area contributed by atoms with Crippen molar-refractivity contribution in [1.82, 2.24) is 10.6 Å². The van der Waals surface area contributed by atoms with Gasteiger partial charge in [0, 0.05) is 23.2 Å². The number of thiophene rings is 1. The van der Waals surface area contributed by atoms with Crippen LogP contribution in [0.2, 0.25) is 0 Å². The van der Waals surface area contributed by atoms with Crippen LogP contribution in [0.3, 0.4) is 0 Å². The number of hydrogen-bond donors (Lipinski definition) is 4. The van der Waals surface area contributed by atoms with Gasteiger partial charge in [-0.3, -0.25) is 4.99 Å². The molecule has 146 valence electrons.